The number of amides is 1. The van der Waals surface area contributed by atoms with E-state index in [4.69, 9.17) is 9.47 Å². The topological polar surface area (TPSA) is 84.9 Å². The Labute approximate surface area is 185 Å². The minimum Gasteiger partial charge on any atom is -0.497 e. The van der Waals surface area contributed by atoms with Gasteiger partial charge in [0.1, 0.15) is 11.5 Å². The molecule has 2 aromatic rings. The molecular formula is C23H32N2O5S. The molecule has 0 atom stereocenters. The van der Waals surface area contributed by atoms with Gasteiger partial charge in [-0.05, 0) is 48.2 Å². The number of hydrogen-bond acceptors (Lipinski definition) is 5. The first-order valence-electron chi connectivity index (χ1n) is 10.2. The lowest BCUT2D eigenvalue weighted by molar-refractivity contribution is 0.102. The second kappa shape index (κ2) is 10.6. The Kier molecular flexibility index (Phi) is 8.47. The molecule has 1 N–H and O–H groups in total. The molecule has 0 aliphatic carbocycles. The fourth-order valence-corrected chi connectivity index (χ4v) is 4.90. The van der Waals surface area contributed by atoms with Gasteiger partial charge in [0, 0.05) is 24.8 Å². The predicted octanol–water partition coefficient (Wildman–Crippen LogP) is 4.26. The summed E-state index contributed by atoms with van der Waals surface area (Å²) >= 11 is 0. The predicted molar refractivity (Wildman–Crippen MR) is 122 cm³/mol. The van der Waals surface area contributed by atoms with E-state index in [0.717, 1.165) is 0 Å². The van der Waals surface area contributed by atoms with Crippen molar-refractivity contribution in [1.82, 2.24) is 4.31 Å². The molecule has 7 nitrogen and oxygen atoms in total. The van der Waals surface area contributed by atoms with Crippen molar-refractivity contribution in [2.24, 2.45) is 11.8 Å². The van der Waals surface area contributed by atoms with Gasteiger partial charge in [-0.3, -0.25) is 4.79 Å². The normalized spacial score (nSPS) is 11.8. The van der Waals surface area contributed by atoms with Crippen LogP contribution in [-0.4, -0.2) is 45.9 Å². The highest BCUT2D eigenvalue weighted by Gasteiger charge is 2.26. The first-order chi connectivity index (χ1) is 14.6. The van der Waals surface area contributed by atoms with Gasteiger partial charge in [0.15, 0.2) is 0 Å². The summed E-state index contributed by atoms with van der Waals surface area (Å²) in [7, 11) is -0.607. The Morgan fingerprint density at radius 2 is 1.52 bits per heavy atom. The van der Waals surface area contributed by atoms with Crippen LogP contribution < -0.4 is 14.8 Å². The van der Waals surface area contributed by atoms with E-state index in [2.05, 4.69) is 5.32 Å². The molecule has 2 rings (SSSR count). The molecule has 0 bridgehead atoms. The van der Waals surface area contributed by atoms with Crippen LogP contribution in [0.1, 0.15) is 38.1 Å². The third kappa shape index (κ3) is 6.45. The van der Waals surface area contributed by atoms with Crippen LogP contribution in [0.15, 0.2) is 47.4 Å². The van der Waals surface area contributed by atoms with E-state index in [-0.39, 0.29) is 22.6 Å². The molecule has 170 valence electrons. The van der Waals surface area contributed by atoms with Crippen LogP contribution in [0.2, 0.25) is 0 Å². The van der Waals surface area contributed by atoms with Crippen LogP contribution >= 0.6 is 0 Å². The SMILES string of the molecule is COc1ccc(C(=O)Nc2ccc(S(=O)(=O)N(CC(C)C)CC(C)C)cc2)c(OC)c1. The highest BCUT2D eigenvalue weighted by atomic mass is 32.2. The molecule has 31 heavy (non-hydrogen) atoms. The Balaban J connectivity index is 2.22. The van der Waals surface area contributed by atoms with Crippen molar-refractivity contribution in [1.29, 1.82) is 0 Å². The minimum absolute atomic E-state index is 0.203. The zero-order valence-corrected chi connectivity index (χ0v) is 19.8. The van der Waals surface area contributed by atoms with E-state index < -0.39 is 10.0 Å². The number of benzene rings is 2. The molecule has 0 aromatic heterocycles. The monoisotopic (exact) mass is 448 g/mol. The van der Waals surface area contributed by atoms with Gasteiger partial charge >= 0.3 is 0 Å². The van der Waals surface area contributed by atoms with Gasteiger partial charge in [-0.15, -0.1) is 0 Å². The summed E-state index contributed by atoms with van der Waals surface area (Å²) in [6, 6.07) is 11.1. The van der Waals surface area contributed by atoms with E-state index in [0.29, 0.717) is 35.8 Å². The maximum absolute atomic E-state index is 13.1. The number of ether oxygens (including phenoxy) is 2. The average molecular weight is 449 g/mol. The molecule has 2 aromatic carbocycles. The summed E-state index contributed by atoms with van der Waals surface area (Å²) < 4.78 is 38.2. The van der Waals surface area contributed by atoms with Crippen molar-refractivity contribution >= 4 is 21.6 Å². The summed E-state index contributed by atoms with van der Waals surface area (Å²) in [6.07, 6.45) is 0. The number of carbonyl (C=O) groups is 1. The van der Waals surface area contributed by atoms with E-state index in [1.165, 1.54) is 30.7 Å². The number of rotatable bonds is 10. The van der Waals surface area contributed by atoms with E-state index >= 15 is 0 Å². The maximum Gasteiger partial charge on any atom is 0.259 e. The van der Waals surface area contributed by atoms with Gasteiger partial charge in [-0.2, -0.15) is 4.31 Å². The number of anilines is 1. The Bertz CT molecular complexity index is 976. The molecule has 0 aliphatic heterocycles. The van der Waals surface area contributed by atoms with Crippen LogP contribution in [0.3, 0.4) is 0 Å². The third-order valence-electron chi connectivity index (χ3n) is 4.54. The van der Waals surface area contributed by atoms with Crippen molar-refractivity contribution in [3.8, 4) is 11.5 Å². The largest absolute Gasteiger partial charge is 0.497 e. The zero-order valence-electron chi connectivity index (χ0n) is 19.0. The molecule has 0 unspecified atom stereocenters. The second-order valence-electron chi connectivity index (χ2n) is 8.15. The van der Waals surface area contributed by atoms with Crippen LogP contribution in [0.25, 0.3) is 0 Å². The minimum atomic E-state index is -3.62. The average Bonchev–Trinajstić information content (AvgIpc) is 2.72. The summed E-state index contributed by atoms with van der Waals surface area (Å²) in [4.78, 5) is 12.9. The van der Waals surface area contributed by atoms with Crippen molar-refractivity contribution in [2.75, 3.05) is 32.6 Å². The van der Waals surface area contributed by atoms with Gasteiger partial charge in [0.25, 0.3) is 5.91 Å². The lowest BCUT2D eigenvalue weighted by Gasteiger charge is -2.25. The quantitative estimate of drug-likeness (QED) is 0.587. The second-order valence-corrected chi connectivity index (χ2v) is 10.1. The fraction of sp³-hybridized carbons (Fsp3) is 0.435. The molecule has 0 fully saturated rings. The number of hydrogen-bond donors (Lipinski definition) is 1. The number of carbonyl (C=O) groups excluding carboxylic acids is 1. The molecule has 0 heterocycles. The number of sulfonamides is 1. The summed E-state index contributed by atoms with van der Waals surface area (Å²) in [6.45, 7) is 8.89. The molecule has 0 saturated heterocycles. The summed E-state index contributed by atoms with van der Waals surface area (Å²) in [5, 5.41) is 2.77. The zero-order chi connectivity index (χ0) is 23.2. The van der Waals surface area contributed by atoms with Gasteiger partial charge in [-0.1, -0.05) is 27.7 Å². The Morgan fingerprint density at radius 3 is 2.00 bits per heavy atom. The van der Waals surface area contributed by atoms with E-state index in [9.17, 15) is 13.2 Å². The number of methoxy groups -OCH3 is 2. The fourth-order valence-electron chi connectivity index (χ4n) is 3.13. The van der Waals surface area contributed by atoms with Crippen molar-refractivity contribution in [2.45, 2.75) is 32.6 Å². The van der Waals surface area contributed by atoms with Gasteiger partial charge < -0.3 is 14.8 Å². The first kappa shape index (κ1) is 24.7. The van der Waals surface area contributed by atoms with Gasteiger partial charge in [0.2, 0.25) is 10.0 Å². The number of nitrogens with one attached hydrogen (secondary N) is 1. The van der Waals surface area contributed by atoms with Crippen LogP contribution in [0.5, 0.6) is 11.5 Å². The third-order valence-corrected chi connectivity index (χ3v) is 6.39. The lowest BCUT2D eigenvalue weighted by atomic mass is 10.1. The van der Waals surface area contributed by atoms with Crippen molar-refractivity contribution in [3.63, 3.8) is 0 Å². The molecule has 0 aliphatic rings. The lowest BCUT2D eigenvalue weighted by Crippen LogP contribution is -2.37. The summed E-state index contributed by atoms with van der Waals surface area (Å²) in [5.41, 5.74) is 0.834. The molecule has 0 saturated carbocycles. The number of nitrogens with zero attached hydrogens (tertiary/aromatic N) is 1. The van der Waals surface area contributed by atoms with Crippen molar-refractivity contribution in [3.05, 3.63) is 48.0 Å². The molecule has 8 heteroatoms. The first-order valence-corrected chi connectivity index (χ1v) is 11.7. The Hall–Kier alpha value is -2.58. The smallest absolute Gasteiger partial charge is 0.259 e. The van der Waals surface area contributed by atoms with Gasteiger partial charge in [-0.25, -0.2) is 8.42 Å². The highest BCUT2D eigenvalue weighted by molar-refractivity contribution is 7.89. The van der Waals surface area contributed by atoms with E-state index in [1.54, 1.807) is 30.3 Å². The highest BCUT2D eigenvalue weighted by Crippen LogP contribution is 2.26. The van der Waals surface area contributed by atoms with E-state index in [1.807, 2.05) is 27.7 Å². The van der Waals surface area contributed by atoms with Crippen LogP contribution in [0.4, 0.5) is 5.69 Å². The molecular weight excluding hydrogens is 416 g/mol. The van der Waals surface area contributed by atoms with Crippen LogP contribution in [-0.2, 0) is 10.0 Å². The van der Waals surface area contributed by atoms with Crippen LogP contribution in [0, 0.1) is 11.8 Å². The van der Waals surface area contributed by atoms with Crippen molar-refractivity contribution < 1.29 is 22.7 Å². The van der Waals surface area contributed by atoms with Gasteiger partial charge in [0.05, 0.1) is 24.7 Å². The Morgan fingerprint density at radius 1 is 0.935 bits per heavy atom. The molecule has 1 amide bonds. The standard InChI is InChI=1S/C23H32N2O5S/c1-16(2)14-25(15-17(3)4)31(27,28)20-10-7-18(8-11-20)24-23(26)21-12-9-19(29-5)13-22(21)30-6/h7-13,16-17H,14-15H2,1-6H3,(H,24,26). The summed E-state index contributed by atoms with van der Waals surface area (Å²) in [5.74, 6) is 1.03. The molecule has 0 spiro atoms. The molecule has 0 radical (unpaired) electrons. The maximum atomic E-state index is 13.1.